The summed E-state index contributed by atoms with van der Waals surface area (Å²) in [6, 6.07) is 0. The van der Waals surface area contributed by atoms with Crippen molar-refractivity contribution in [1.82, 2.24) is 15.4 Å². The number of hydrogen-bond donors (Lipinski definition) is 1. The number of nitrogens with one attached hydrogen (secondary N) is 1. The molecule has 1 aliphatic heterocycles. The Morgan fingerprint density at radius 1 is 1.62 bits per heavy atom. The van der Waals surface area contributed by atoms with Gasteiger partial charge in [-0.3, -0.25) is 5.10 Å². The van der Waals surface area contributed by atoms with Gasteiger partial charge in [0.1, 0.15) is 0 Å². The average molecular weight is 110 g/mol. The minimum absolute atomic E-state index is 0.963. The zero-order valence-electron chi connectivity index (χ0n) is 4.33. The predicted molar refractivity (Wildman–Crippen MR) is 28.6 cm³/mol. The number of rotatable bonds is 1. The molecule has 0 atom stereocenters. The summed E-state index contributed by atoms with van der Waals surface area (Å²) in [5.74, 6) is 0.963. The average Bonchev–Trinajstić information content (AvgIpc) is 2.49. The van der Waals surface area contributed by atoms with E-state index in [1.165, 1.54) is 0 Å². The Balaban J connectivity index is 2.28. The van der Waals surface area contributed by atoms with E-state index in [1.807, 2.05) is 0 Å². The lowest BCUT2D eigenvalue weighted by Gasteiger charge is -1.87. The number of anilines is 1. The van der Waals surface area contributed by atoms with E-state index in [0.717, 1.165) is 18.9 Å². The lowest BCUT2D eigenvalue weighted by Crippen LogP contribution is -1.89. The molecular weight excluding hydrogens is 104 g/mol. The van der Waals surface area contributed by atoms with Crippen molar-refractivity contribution in [2.75, 3.05) is 18.0 Å². The van der Waals surface area contributed by atoms with E-state index in [0.29, 0.717) is 0 Å². The van der Waals surface area contributed by atoms with Crippen molar-refractivity contribution in [3.63, 3.8) is 0 Å². The molecule has 1 aromatic rings. The molecule has 0 unspecified atom stereocenters. The molecule has 0 aromatic carbocycles. The van der Waals surface area contributed by atoms with Crippen molar-refractivity contribution in [3.05, 3.63) is 6.20 Å². The van der Waals surface area contributed by atoms with Crippen LogP contribution in [0, 0.1) is 0 Å². The zero-order valence-corrected chi connectivity index (χ0v) is 4.33. The third-order valence-corrected chi connectivity index (χ3v) is 1.18. The third kappa shape index (κ3) is 0.458. The van der Waals surface area contributed by atoms with Crippen LogP contribution in [-0.4, -0.2) is 28.5 Å². The van der Waals surface area contributed by atoms with Gasteiger partial charge in [-0.2, -0.15) is 0 Å². The zero-order chi connectivity index (χ0) is 5.40. The van der Waals surface area contributed by atoms with Gasteiger partial charge in [-0.1, -0.05) is 5.21 Å². The highest BCUT2D eigenvalue weighted by atomic mass is 15.4. The molecule has 2 heterocycles. The van der Waals surface area contributed by atoms with Gasteiger partial charge in [0.2, 0.25) is 0 Å². The fourth-order valence-corrected chi connectivity index (χ4v) is 0.629. The first-order valence-electron chi connectivity index (χ1n) is 2.58. The van der Waals surface area contributed by atoms with Gasteiger partial charge in [0, 0.05) is 13.1 Å². The Hall–Kier alpha value is -1.06. The van der Waals surface area contributed by atoms with E-state index in [-0.39, 0.29) is 0 Å². The number of aromatic nitrogens is 3. The Bertz CT molecular complexity index is 164. The molecular formula is C4H6N4. The number of aromatic amines is 1. The quantitative estimate of drug-likeness (QED) is 0.501. The molecule has 0 spiro atoms. The first-order chi connectivity index (χ1) is 3.97. The highest BCUT2D eigenvalue weighted by molar-refractivity contribution is 5.40. The van der Waals surface area contributed by atoms with E-state index in [1.54, 1.807) is 6.20 Å². The van der Waals surface area contributed by atoms with E-state index in [9.17, 15) is 0 Å². The van der Waals surface area contributed by atoms with Crippen LogP contribution in [0.2, 0.25) is 0 Å². The Morgan fingerprint density at radius 2 is 2.50 bits per heavy atom. The third-order valence-electron chi connectivity index (χ3n) is 1.18. The highest BCUT2D eigenvalue weighted by Crippen LogP contribution is 2.14. The molecule has 1 fully saturated rings. The summed E-state index contributed by atoms with van der Waals surface area (Å²) >= 11 is 0. The van der Waals surface area contributed by atoms with Crippen LogP contribution in [0.25, 0.3) is 0 Å². The number of hydrogen-bond acceptors (Lipinski definition) is 3. The van der Waals surface area contributed by atoms with Gasteiger partial charge in [0.15, 0.2) is 5.82 Å². The molecule has 0 amide bonds. The first-order valence-corrected chi connectivity index (χ1v) is 2.58. The number of H-pyrrole nitrogens is 1. The van der Waals surface area contributed by atoms with E-state index < -0.39 is 0 Å². The van der Waals surface area contributed by atoms with Crippen LogP contribution in [-0.2, 0) is 0 Å². The molecule has 1 N–H and O–H groups in total. The monoisotopic (exact) mass is 110 g/mol. The summed E-state index contributed by atoms with van der Waals surface area (Å²) < 4.78 is 0. The van der Waals surface area contributed by atoms with Crippen LogP contribution in [0.1, 0.15) is 0 Å². The second-order valence-electron chi connectivity index (χ2n) is 1.82. The summed E-state index contributed by atoms with van der Waals surface area (Å²) in [6.45, 7) is 2.26. The second-order valence-corrected chi connectivity index (χ2v) is 1.82. The topological polar surface area (TPSA) is 44.6 Å². The SMILES string of the molecule is c1[nH]nnc1N1CC1. The van der Waals surface area contributed by atoms with Gasteiger partial charge in [-0.25, -0.2) is 0 Å². The summed E-state index contributed by atoms with van der Waals surface area (Å²) in [5, 5.41) is 10.0. The summed E-state index contributed by atoms with van der Waals surface area (Å²) in [4.78, 5) is 2.13. The lowest BCUT2D eigenvalue weighted by molar-refractivity contribution is 0.938. The van der Waals surface area contributed by atoms with Crippen LogP contribution >= 0.6 is 0 Å². The Labute approximate surface area is 46.5 Å². The lowest BCUT2D eigenvalue weighted by atomic mass is 10.8. The van der Waals surface area contributed by atoms with Crippen molar-refractivity contribution < 1.29 is 0 Å². The first kappa shape index (κ1) is 3.88. The predicted octanol–water partition coefficient (Wildman–Crippen LogP) is -0.375. The van der Waals surface area contributed by atoms with Crippen molar-refractivity contribution in [2.24, 2.45) is 0 Å². The van der Waals surface area contributed by atoms with E-state index in [4.69, 9.17) is 0 Å². The van der Waals surface area contributed by atoms with Gasteiger partial charge in [0.05, 0.1) is 6.20 Å². The maximum Gasteiger partial charge on any atom is 0.170 e. The largest absolute Gasteiger partial charge is 0.350 e. The van der Waals surface area contributed by atoms with Crippen LogP contribution in [0.3, 0.4) is 0 Å². The normalized spacial score (nSPS) is 16.8. The molecule has 1 aliphatic rings. The van der Waals surface area contributed by atoms with Gasteiger partial charge in [-0.15, -0.1) is 5.10 Å². The van der Waals surface area contributed by atoms with Crippen molar-refractivity contribution in [3.8, 4) is 0 Å². The second kappa shape index (κ2) is 1.21. The standard InChI is InChI=1S/C4H6N4/c1-2-8(1)4-3-5-7-6-4/h3H,1-2H2,(H,5,6,7). The fourth-order valence-electron chi connectivity index (χ4n) is 0.629. The van der Waals surface area contributed by atoms with Crippen molar-refractivity contribution >= 4 is 5.82 Å². The van der Waals surface area contributed by atoms with Gasteiger partial charge in [0.25, 0.3) is 0 Å². The highest BCUT2D eigenvalue weighted by Gasteiger charge is 2.19. The van der Waals surface area contributed by atoms with E-state index in [2.05, 4.69) is 20.3 Å². The van der Waals surface area contributed by atoms with Gasteiger partial charge >= 0.3 is 0 Å². The smallest absolute Gasteiger partial charge is 0.170 e. The minimum atomic E-state index is 0.963. The molecule has 4 nitrogen and oxygen atoms in total. The molecule has 8 heavy (non-hydrogen) atoms. The molecule has 0 bridgehead atoms. The molecule has 0 radical (unpaired) electrons. The molecule has 1 aromatic heterocycles. The van der Waals surface area contributed by atoms with Gasteiger partial charge in [-0.05, 0) is 0 Å². The molecule has 1 saturated heterocycles. The van der Waals surface area contributed by atoms with Crippen LogP contribution in [0.5, 0.6) is 0 Å². The van der Waals surface area contributed by atoms with Crippen molar-refractivity contribution in [1.29, 1.82) is 0 Å². The van der Waals surface area contributed by atoms with Gasteiger partial charge < -0.3 is 4.90 Å². The maximum atomic E-state index is 3.80. The van der Waals surface area contributed by atoms with Crippen LogP contribution in [0.4, 0.5) is 5.82 Å². The summed E-state index contributed by atoms with van der Waals surface area (Å²) in [7, 11) is 0. The maximum absolute atomic E-state index is 3.80. The summed E-state index contributed by atoms with van der Waals surface area (Å²) in [5.41, 5.74) is 0. The molecule has 0 saturated carbocycles. The fraction of sp³-hybridized carbons (Fsp3) is 0.500. The summed E-state index contributed by atoms with van der Waals surface area (Å²) in [6.07, 6.45) is 1.80. The van der Waals surface area contributed by atoms with Crippen molar-refractivity contribution in [2.45, 2.75) is 0 Å². The molecule has 42 valence electrons. The van der Waals surface area contributed by atoms with Crippen LogP contribution < -0.4 is 4.90 Å². The Morgan fingerprint density at radius 3 is 3.00 bits per heavy atom. The minimum Gasteiger partial charge on any atom is -0.350 e. The molecule has 2 rings (SSSR count). The molecule has 4 heteroatoms. The van der Waals surface area contributed by atoms with E-state index >= 15 is 0 Å². The number of nitrogens with zero attached hydrogens (tertiary/aromatic N) is 3. The molecule has 0 aliphatic carbocycles. The Kier molecular flexibility index (Phi) is 0.588. The van der Waals surface area contributed by atoms with Crippen LogP contribution in [0.15, 0.2) is 6.20 Å².